The Morgan fingerprint density at radius 3 is 2.82 bits per heavy atom. The quantitative estimate of drug-likeness (QED) is 0.611. The van der Waals surface area contributed by atoms with E-state index in [9.17, 15) is 0 Å². The SMILES string of the molecule is C[n+]1cccn1CCCc1cc(N)ccc1N. The van der Waals surface area contributed by atoms with Crippen LogP contribution in [0.4, 0.5) is 11.4 Å². The minimum atomic E-state index is 0.778. The van der Waals surface area contributed by atoms with Crippen LogP contribution in [0.5, 0.6) is 0 Å². The molecule has 17 heavy (non-hydrogen) atoms. The highest BCUT2D eigenvalue weighted by Crippen LogP contribution is 2.17. The molecule has 0 saturated carbocycles. The Hall–Kier alpha value is -1.97. The van der Waals surface area contributed by atoms with E-state index in [0.717, 1.165) is 36.3 Å². The van der Waals surface area contributed by atoms with Crippen LogP contribution in [0.1, 0.15) is 12.0 Å². The van der Waals surface area contributed by atoms with E-state index >= 15 is 0 Å². The molecule has 0 spiro atoms. The van der Waals surface area contributed by atoms with Gasteiger partial charge in [-0.05, 0) is 36.6 Å². The smallest absolute Gasteiger partial charge is 0.195 e. The predicted molar refractivity (Wildman–Crippen MR) is 69.2 cm³/mol. The summed E-state index contributed by atoms with van der Waals surface area (Å²) in [6, 6.07) is 7.71. The Kier molecular flexibility index (Phi) is 3.32. The molecule has 0 atom stereocenters. The summed E-state index contributed by atoms with van der Waals surface area (Å²) >= 11 is 0. The summed E-state index contributed by atoms with van der Waals surface area (Å²) < 4.78 is 4.24. The van der Waals surface area contributed by atoms with Crippen LogP contribution in [-0.2, 0) is 20.0 Å². The minimum absolute atomic E-state index is 0.778. The maximum absolute atomic E-state index is 5.91. The maximum atomic E-state index is 5.91. The summed E-state index contributed by atoms with van der Waals surface area (Å²) in [6.07, 6.45) is 6.11. The van der Waals surface area contributed by atoms with Gasteiger partial charge in [0, 0.05) is 17.4 Å². The van der Waals surface area contributed by atoms with E-state index in [1.807, 2.05) is 37.5 Å². The Morgan fingerprint density at radius 2 is 2.12 bits per heavy atom. The average Bonchev–Trinajstić information content (AvgIpc) is 2.70. The second kappa shape index (κ2) is 4.91. The van der Waals surface area contributed by atoms with E-state index in [4.69, 9.17) is 11.5 Å². The van der Waals surface area contributed by atoms with Gasteiger partial charge in [0.1, 0.15) is 0 Å². The van der Waals surface area contributed by atoms with Crippen molar-refractivity contribution in [3.8, 4) is 0 Å². The van der Waals surface area contributed by atoms with Crippen molar-refractivity contribution in [1.29, 1.82) is 0 Å². The Bertz CT molecular complexity index is 502. The topological polar surface area (TPSA) is 60.8 Å². The van der Waals surface area contributed by atoms with E-state index in [-0.39, 0.29) is 0 Å². The number of anilines is 2. The van der Waals surface area contributed by atoms with Gasteiger partial charge < -0.3 is 11.5 Å². The molecule has 1 aromatic carbocycles. The summed E-state index contributed by atoms with van der Waals surface area (Å²) in [7, 11) is 2.04. The average molecular weight is 231 g/mol. The van der Waals surface area contributed by atoms with Crippen molar-refractivity contribution >= 4 is 11.4 Å². The molecular formula is C13H19N4+. The van der Waals surface area contributed by atoms with Gasteiger partial charge >= 0.3 is 0 Å². The van der Waals surface area contributed by atoms with Gasteiger partial charge in [0.15, 0.2) is 13.2 Å². The van der Waals surface area contributed by atoms with Crippen LogP contribution in [0.25, 0.3) is 0 Å². The van der Waals surface area contributed by atoms with Gasteiger partial charge in [0.05, 0.1) is 12.7 Å². The maximum Gasteiger partial charge on any atom is 0.195 e. The monoisotopic (exact) mass is 231 g/mol. The fourth-order valence-electron chi connectivity index (χ4n) is 1.96. The first-order chi connectivity index (χ1) is 8.16. The van der Waals surface area contributed by atoms with Crippen molar-refractivity contribution in [2.45, 2.75) is 19.4 Å². The first-order valence-electron chi connectivity index (χ1n) is 5.82. The molecule has 0 saturated heterocycles. The summed E-state index contributed by atoms with van der Waals surface area (Å²) in [5, 5.41) is 0. The van der Waals surface area contributed by atoms with Crippen LogP contribution in [-0.4, -0.2) is 4.68 Å². The third kappa shape index (κ3) is 2.78. The number of hydrogen-bond donors (Lipinski definition) is 2. The minimum Gasteiger partial charge on any atom is -0.399 e. The zero-order chi connectivity index (χ0) is 12.3. The van der Waals surface area contributed by atoms with Crippen molar-refractivity contribution in [1.82, 2.24) is 4.68 Å². The zero-order valence-corrected chi connectivity index (χ0v) is 10.1. The van der Waals surface area contributed by atoms with Gasteiger partial charge in [-0.2, -0.15) is 4.68 Å². The molecule has 0 bridgehead atoms. The molecule has 2 rings (SSSR count). The number of aryl methyl sites for hydroxylation is 3. The number of aromatic nitrogens is 2. The molecule has 0 aliphatic rings. The highest BCUT2D eigenvalue weighted by atomic mass is 15.4. The predicted octanol–water partition coefficient (Wildman–Crippen LogP) is 1.11. The third-order valence-corrected chi connectivity index (χ3v) is 2.97. The molecular weight excluding hydrogens is 212 g/mol. The molecule has 0 unspecified atom stereocenters. The fourth-order valence-corrected chi connectivity index (χ4v) is 1.96. The fraction of sp³-hybridized carbons (Fsp3) is 0.308. The lowest BCUT2D eigenvalue weighted by atomic mass is 10.1. The molecule has 90 valence electrons. The Balaban J connectivity index is 1.94. The molecule has 1 heterocycles. The van der Waals surface area contributed by atoms with E-state index in [0.29, 0.717) is 0 Å². The number of nitrogen functional groups attached to an aromatic ring is 2. The number of hydrogen-bond acceptors (Lipinski definition) is 2. The lowest BCUT2D eigenvalue weighted by molar-refractivity contribution is -0.753. The molecule has 1 aromatic heterocycles. The summed E-state index contributed by atoms with van der Waals surface area (Å²) in [5.41, 5.74) is 14.4. The molecule has 0 amide bonds. The van der Waals surface area contributed by atoms with Gasteiger partial charge in [-0.3, -0.25) is 0 Å². The van der Waals surface area contributed by atoms with Crippen molar-refractivity contribution in [2.75, 3.05) is 11.5 Å². The number of nitrogens with zero attached hydrogens (tertiary/aromatic N) is 2. The lowest BCUT2D eigenvalue weighted by Crippen LogP contribution is -2.37. The second-order valence-electron chi connectivity index (χ2n) is 4.29. The molecule has 2 aromatic rings. The summed E-state index contributed by atoms with van der Waals surface area (Å²) in [6.45, 7) is 0.984. The van der Waals surface area contributed by atoms with Crippen molar-refractivity contribution in [2.24, 2.45) is 7.05 Å². The molecule has 0 fully saturated rings. The molecule has 0 aliphatic heterocycles. The van der Waals surface area contributed by atoms with Crippen LogP contribution < -0.4 is 16.1 Å². The van der Waals surface area contributed by atoms with Gasteiger partial charge in [-0.25, -0.2) is 0 Å². The van der Waals surface area contributed by atoms with E-state index in [1.54, 1.807) is 0 Å². The molecule has 0 aliphatic carbocycles. The number of rotatable bonds is 4. The highest BCUT2D eigenvalue weighted by molar-refractivity contribution is 5.55. The highest BCUT2D eigenvalue weighted by Gasteiger charge is 2.03. The van der Waals surface area contributed by atoms with E-state index in [2.05, 4.69) is 15.6 Å². The second-order valence-corrected chi connectivity index (χ2v) is 4.29. The third-order valence-electron chi connectivity index (χ3n) is 2.97. The van der Waals surface area contributed by atoms with Crippen molar-refractivity contribution < 1.29 is 4.68 Å². The normalized spacial score (nSPS) is 10.6. The van der Waals surface area contributed by atoms with Crippen LogP contribution in [0.2, 0.25) is 0 Å². The van der Waals surface area contributed by atoms with Crippen LogP contribution in [0, 0.1) is 0 Å². The molecule has 4 heteroatoms. The first-order valence-corrected chi connectivity index (χ1v) is 5.82. The van der Waals surface area contributed by atoms with Crippen LogP contribution in [0.15, 0.2) is 36.7 Å². The summed E-state index contributed by atoms with van der Waals surface area (Å²) in [5.74, 6) is 0. The van der Waals surface area contributed by atoms with Crippen molar-refractivity contribution in [3.05, 3.63) is 42.2 Å². The van der Waals surface area contributed by atoms with E-state index in [1.165, 1.54) is 0 Å². The molecule has 0 radical (unpaired) electrons. The van der Waals surface area contributed by atoms with Gasteiger partial charge in [0.2, 0.25) is 0 Å². The van der Waals surface area contributed by atoms with Crippen LogP contribution >= 0.6 is 0 Å². The van der Waals surface area contributed by atoms with Gasteiger partial charge in [0.25, 0.3) is 0 Å². The Labute approximate surface area is 101 Å². The Morgan fingerprint density at radius 1 is 1.29 bits per heavy atom. The lowest BCUT2D eigenvalue weighted by Gasteiger charge is -2.06. The van der Waals surface area contributed by atoms with Crippen LogP contribution in [0.3, 0.4) is 0 Å². The van der Waals surface area contributed by atoms with Crippen molar-refractivity contribution in [3.63, 3.8) is 0 Å². The largest absolute Gasteiger partial charge is 0.399 e. The first kappa shape index (κ1) is 11.5. The summed E-state index contributed by atoms with van der Waals surface area (Å²) in [4.78, 5) is 0. The number of benzene rings is 1. The molecule has 4 nitrogen and oxygen atoms in total. The standard InChI is InChI=1S/C13H19N4/c1-16-7-3-9-17(16)8-2-4-11-10-12(14)5-6-13(11)15/h3,5-7,9-10H,2,4,8,14-15H2,1H3/q+1. The number of nitrogens with two attached hydrogens (primary N) is 2. The van der Waals surface area contributed by atoms with Gasteiger partial charge in [-0.15, -0.1) is 4.68 Å². The molecule has 4 N–H and O–H groups in total. The van der Waals surface area contributed by atoms with Gasteiger partial charge in [-0.1, -0.05) is 0 Å². The van der Waals surface area contributed by atoms with E-state index < -0.39 is 0 Å². The zero-order valence-electron chi connectivity index (χ0n) is 10.1.